The van der Waals surface area contributed by atoms with Gasteiger partial charge in [0.1, 0.15) is 0 Å². The quantitative estimate of drug-likeness (QED) is 0.449. The van der Waals surface area contributed by atoms with Crippen LogP contribution in [-0.4, -0.2) is 12.2 Å². The number of carbonyl (C=O) groups is 1. The summed E-state index contributed by atoms with van der Waals surface area (Å²) in [6.07, 6.45) is 4.81. The topological polar surface area (TPSA) is 52.3 Å². The van der Waals surface area contributed by atoms with Gasteiger partial charge in [-0.2, -0.15) is 0 Å². The number of ether oxygens (including phenoxy) is 1. The van der Waals surface area contributed by atoms with E-state index in [4.69, 9.17) is 10.5 Å². The molecule has 2 N–H and O–H groups in total. The van der Waals surface area contributed by atoms with Crippen LogP contribution < -0.4 is 5.73 Å². The van der Waals surface area contributed by atoms with Crippen LogP contribution in [0.15, 0.2) is 30.3 Å². The maximum atomic E-state index is 11.6. The van der Waals surface area contributed by atoms with E-state index in [0.717, 1.165) is 19.3 Å². The maximum absolute atomic E-state index is 11.6. The SMILES string of the molecule is CCCCCCC(N)OC(=O)c1ccccc1. The molecular weight excluding hydrogens is 214 g/mol. The van der Waals surface area contributed by atoms with Crippen molar-refractivity contribution in [2.75, 3.05) is 0 Å². The van der Waals surface area contributed by atoms with Crippen LogP contribution >= 0.6 is 0 Å². The first-order valence-corrected chi connectivity index (χ1v) is 6.25. The summed E-state index contributed by atoms with van der Waals surface area (Å²) in [7, 11) is 0. The fourth-order valence-corrected chi connectivity index (χ4v) is 1.61. The molecule has 0 spiro atoms. The Morgan fingerprint density at radius 1 is 1.24 bits per heavy atom. The predicted octanol–water partition coefficient (Wildman–Crippen LogP) is 3.10. The molecule has 0 saturated heterocycles. The fraction of sp³-hybridized carbons (Fsp3) is 0.500. The molecule has 17 heavy (non-hydrogen) atoms. The van der Waals surface area contributed by atoms with E-state index < -0.39 is 6.23 Å². The van der Waals surface area contributed by atoms with E-state index in [1.807, 2.05) is 18.2 Å². The van der Waals surface area contributed by atoms with Crippen molar-refractivity contribution in [3.63, 3.8) is 0 Å². The van der Waals surface area contributed by atoms with Crippen molar-refractivity contribution in [1.82, 2.24) is 0 Å². The second kappa shape index (κ2) is 7.85. The van der Waals surface area contributed by atoms with Gasteiger partial charge in [-0.15, -0.1) is 0 Å². The van der Waals surface area contributed by atoms with Gasteiger partial charge < -0.3 is 4.74 Å². The molecule has 0 aromatic heterocycles. The standard InChI is InChI=1S/C14H21NO2/c1-2-3-4-8-11-13(15)17-14(16)12-9-6-5-7-10-12/h5-7,9-10,13H,2-4,8,11,15H2,1H3. The summed E-state index contributed by atoms with van der Waals surface area (Å²) in [6.45, 7) is 2.16. The summed E-state index contributed by atoms with van der Waals surface area (Å²) in [5.74, 6) is -0.339. The summed E-state index contributed by atoms with van der Waals surface area (Å²) in [5, 5.41) is 0. The Balaban J connectivity index is 2.26. The van der Waals surface area contributed by atoms with Crippen LogP contribution in [0.3, 0.4) is 0 Å². The van der Waals surface area contributed by atoms with Gasteiger partial charge >= 0.3 is 5.97 Å². The van der Waals surface area contributed by atoms with Crippen molar-refractivity contribution in [3.8, 4) is 0 Å². The van der Waals surface area contributed by atoms with Crippen LogP contribution in [0.5, 0.6) is 0 Å². The zero-order valence-corrected chi connectivity index (χ0v) is 10.4. The Hall–Kier alpha value is -1.35. The van der Waals surface area contributed by atoms with Gasteiger partial charge in [-0.1, -0.05) is 44.4 Å². The Labute approximate surface area is 103 Å². The predicted molar refractivity (Wildman–Crippen MR) is 68.6 cm³/mol. The largest absolute Gasteiger partial charge is 0.443 e. The van der Waals surface area contributed by atoms with Gasteiger partial charge in [0.15, 0.2) is 6.23 Å². The van der Waals surface area contributed by atoms with Gasteiger partial charge in [-0.3, -0.25) is 5.73 Å². The molecule has 0 heterocycles. The minimum atomic E-state index is -0.487. The Morgan fingerprint density at radius 3 is 2.59 bits per heavy atom. The molecule has 0 saturated carbocycles. The Bertz CT molecular complexity index is 324. The molecule has 1 aromatic carbocycles. The van der Waals surface area contributed by atoms with E-state index in [1.165, 1.54) is 12.8 Å². The number of hydrogen-bond acceptors (Lipinski definition) is 3. The lowest BCUT2D eigenvalue weighted by Crippen LogP contribution is -2.27. The van der Waals surface area contributed by atoms with Crippen molar-refractivity contribution in [3.05, 3.63) is 35.9 Å². The minimum absolute atomic E-state index is 0.339. The van der Waals surface area contributed by atoms with Crippen molar-refractivity contribution in [2.24, 2.45) is 5.73 Å². The van der Waals surface area contributed by atoms with E-state index in [1.54, 1.807) is 12.1 Å². The van der Waals surface area contributed by atoms with Gasteiger partial charge in [-0.25, -0.2) is 4.79 Å². The highest BCUT2D eigenvalue weighted by molar-refractivity contribution is 5.89. The molecule has 0 bridgehead atoms. The fourth-order valence-electron chi connectivity index (χ4n) is 1.61. The second-order valence-corrected chi connectivity index (χ2v) is 4.16. The van der Waals surface area contributed by atoms with Crippen LogP contribution in [0.25, 0.3) is 0 Å². The number of carbonyl (C=O) groups excluding carboxylic acids is 1. The van der Waals surface area contributed by atoms with Gasteiger partial charge in [0.2, 0.25) is 0 Å². The lowest BCUT2D eigenvalue weighted by Gasteiger charge is -2.12. The molecule has 1 atom stereocenters. The van der Waals surface area contributed by atoms with Gasteiger partial charge in [0.05, 0.1) is 5.56 Å². The molecule has 1 rings (SSSR count). The highest BCUT2D eigenvalue weighted by Crippen LogP contribution is 2.08. The first kappa shape index (κ1) is 13.7. The molecule has 0 aliphatic carbocycles. The Morgan fingerprint density at radius 2 is 1.94 bits per heavy atom. The number of esters is 1. The molecular formula is C14H21NO2. The average Bonchev–Trinajstić information content (AvgIpc) is 2.36. The van der Waals surface area contributed by atoms with E-state index in [9.17, 15) is 4.79 Å². The number of rotatable bonds is 7. The number of nitrogens with two attached hydrogens (primary N) is 1. The summed E-state index contributed by atoms with van der Waals surface area (Å²) in [6, 6.07) is 8.94. The van der Waals surface area contributed by atoms with Gasteiger partial charge in [0.25, 0.3) is 0 Å². The second-order valence-electron chi connectivity index (χ2n) is 4.16. The third-order valence-corrected chi connectivity index (χ3v) is 2.61. The van der Waals surface area contributed by atoms with E-state index in [-0.39, 0.29) is 5.97 Å². The normalized spacial score (nSPS) is 12.1. The third kappa shape index (κ3) is 5.50. The highest BCUT2D eigenvalue weighted by atomic mass is 16.6. The molecule has 3 nitrogen and oxygen atoms in total. The molecule has 1 unspecified atom stereocenters. The first-order chi connectivity index (χ1) is 8.24. The van der Waals surface area contributed by atoms with E-state index >= 15 is 0 Å². The number of unbranched alkanes of at least 4 members (excludes halogenated alkanes) is 3. The number of hydrogen-bond donors (Lipinski definition) is 1. The maximum Gasteiger partial charge on any atom is 0.339 e. The Kier molecular flexibility index (Phi) is 6.33. The molecule has 0 aliphatic heterocycles. The van der Waals surface area contributed by atoms with E-state index in [2.05, 4.69) is 6.92 Å². The van der Waals surface area contributed by atoms with Crippen molar-refractivity contribution < 1.29 is 9.53 Å². The lowest BCUT2D eigenvalue weighted by atomic mass is 10.1. The minimum Gasteiger partial charge on any atom is -0.443 e. The smallest absolute Gasteiger partial charge is 0.339 e. The zero-order chi connectivity index (χ0) is 12.5. The molecule has 0 radical (unpaired) electrons. The van der Waals surface area contributed by atoms with Crippen LogP contribution in [0.2, 0.25) is 0 Å². The molecule has 3 heteroatoms. The zero-order valence-electron chi connectivity index (χ0n) is 10.4. The number of benzene rings is 1. The summed E-state index contributed by atoms with van der Waals surface area (Å²) in [5.41, 5.74) is 6.30. The summed E-state index contributed by atoms with van der Waals surface area (Å²) < 4.78 is 5.16. The molecule has 1 aromatic rings. The highest BCUT2D eigenvalue weighted by Gasteiger charge is 2.11. The van der Waals surface area contributed by atoms with Crippen LogP contribution in [-0.2, 0) is 4.74 Å². The molecule has 0 aliphatic rings. The van der Waals surface area contributed by atoms with Crippen molar-refractivity contribution in [2.45, 2.75) is 45.3 Å². The van der Waals surface area contributed by atoms with Crippen LogP contribution in [0, 0.1) is 0 Å². The molecule has 0 amide bonds. The molecule has 0 fully saturated rings. The van der Waals surface area contributed by atoms with Crippen LogP contribution in [0.4, 0.5) is 0 Å². The van der Waals surface area contributed by atoms with Gasteiger partial charge in [0, 0.05) is 0 Å². The average molecular weight is 235 g/mol. The van der Waals surface area contributed by atoms with Crippen molar-refractivity contribution in [1.29, 1.82) is 0 Å². The third-order valence-electron chi connectivity index (χ3n) is 2.61. The van der Waals surface area contributed by atoms with Crippen molar-refractivity contribution >= 4 is 5.97 Å². The van der Waals surface area contributed by atoms with Gasteiger partial charge in [-0.05, 0) is 25.0 Å². The first-order valence-electron chi connectivity index (χ1n) is 6.25. The summed E-state index contributed by atoms with van der Waals surface area (Å²) in [4.78, 5) is 11.6. The molecule has 94 valence electrons. The lowest BCUT2D eigenvalue weighted by molar-refractivity contribution is 0.0292. The monoisotopic (exact) mass is 235 g/mol. The van der Waals surface area contributed by atoms with Crippen LogP contribution in [0.1, 0.15) is 49.4 Å². The van der Waals surface area contributed by atoms with E-state index in [0.29, 0.717) is 5.56 Å². The summed E-state index contributed by atoms with van der Waals surface area (Å²) >= 11 is 0.